The summed E-state index contributed by atoms with van der Waals surface area (Å²) in [4.78, 5) is 17.9. The van der Waals surface area contributed by atoms with Gasteiger partial charge in [-0.2, -0.15) is 0 Å². The van der Waals surface area contributed by atoms with E-state index < -0.39 is 0 Å². The summed E-state index contributed by atoms with van der Waals surface area (Å²) >= 11 is 0. The number of aryl methyl sites for hydroxylation is 1. The van der Waals surface area contributed by atoms with Crippen molar-refractivity contribution in [2.45, 2.75) is 44.6 Å². The van der Waals surface area contributed by atoms with Crippen LogP contribution in [-0.4, -0.2) is 52.5 Å². The molecular formula is C21H28FN3O. The van der Waals surface area contributed by atoms with Crippen LogP contribution in [0.4, 0.5) is 4.39 Å². The van der Waals surface area contributed by atoms with Gasteiger partial charge >= 0.3 is 0 Å². The van der Waals surface area contributed by atoms with Gasteiger partial charge in [0, 0.05) is 37.1 Å². The lowest BCUT2D eigenvalue weighted by Crippen LogP contribution is -2.45. The molecule has 26 heavy (non-hydrogen) atoms. The van der Waals surface area contributed by atoms with E-state index in [-0.39, 0.29) is 11.7 Å². The van der Waals surface area contributed by atoms with Crippen LogP contribution in [-0.2, 0) is 7.05 Å². The van der Waals surface area contributed by atoms with Gasteiger partial charge in [0.25, 0.3) is 5.91 Å². The molecule has 140 valence electrons. The quantitative estimate of drug-likeness (QED) is 0.833. The van der Waals surface area contributed by atoms with Gasteiger partial charge in [-0.05, 0) is 75.9 Å². The van der Waals surface area contributed by atoms with Crippen LogP contribution in [0.1, 0.15) is 49.0 Å². The number of hydrogen-bond acceptors (Lipinski definition) is 2. The second-order valence-corrected chi connectivity index (χ2v) is 7.78. The predicted octanol–water partition coefficient (Wildman–Crippen LogP) is 3.80. The lowest BCUT2D eigenvalue weighted by molar-refractivity contribution is 0.0578. The van der Waals surface area contributed by atoms with E-state index in [0.29, 0.717) is 11.7 Å². The fraction of sp³-hybridized carbons (Fsp3) is 0.571. The van der Waals surface area contributed by atoms with Gasteiger partial charge in [0.15, 0.2) is 0 Å². The smallest absolute Gasteiger partial charge is 0.270 e. The van der Waals surface area contributed by atoms with Gasteiger partial charge in [0.05, 0.1) is 0 Å². The van der Waals surface area contributed by atoms with Crippen LogP contribution >= 0.6 is 0 Å². The predicted molar refractivity (Wildman–Crippen MR) is 102 cm³/mol. The third-order valence-electron chi connectivity index (χ3n) is 6.09. The third-order valence-corrected chi connectivity index (χ3v) is 6.09. The van der Waals surface area contributed by atoms with Gasteiger partial charge in [-0.1, -0.05) is 0 Å². The number of piperidine rings is 1. The van der Waals surface area contributed by atoms with E-state index >= 15 is 0 Å². The number of nitrogens with zero attached hydrogens (tertiary/aromatic N) is 3. The monoisotopic (exact) mass is 357 g/mol. The zero-order valence-corrected chi connectivity index (χ0v) is 15.6. The maximum absolute atomic E-state index is 13.5. The molecule has 2 saturated heterocycles. The van der Waals surface area contributed by atoms with Gasteiger partial charge < -0.3 is 14.4 Å². The molecule has 1 aromatic heterocycles. The van der Waals surface area contributed by atoms with E-state index in [1.54, 1.807) is 6.07 Å². The van der Waals surface area contributed by atoms with Crippen LogP contribution in [0.3, 0.4) is 0 Å². The number of amides is 1. The number of rotatable bonds is 4. The van der Waals surface area contributed by atoms with E-state index in [9.17, 15) is 9.18 Å². The summed E-state index contributed by atoms with van der Waals surface area (Å²) < 4.78 is 15.4. The van der Waals surface area contributed by atoms with Crippen LogP contribution in [0.15, 0.2) is 24.3 Å². The van der Waals surface area contributed by atoms with Gasteiger partial charge in [-0.3, -0.25) is 4.79 Å². The Bertz CT molecular complexity index is 794. The van der Waals surface area contributed by atoms with Gasteiger partial charge in [-0.15, -0.1) is 0 Å². The zero-order chi connectivity index (χ0) is 18.1. The normalized spacial score (nSPS) is 21.6. The maximum atomic E-state index is 13.5. The Morgan fingerprint density at radius 3 is 2.69 bits per heavy atom. The summed E-state index contributed by atoms with van der Waals surface area (Å²) in [6.07, 6.45) is 7.04. The molecule has 2 aliphatic rings. The highest BCUT2D eigenvalue weighted by Gasteiger charge is 2.29. The number of carbonyl (C=O) groups is 1. The number of hydrogen-bond donors (Lipinski definition) is 0. The Balaban J connectivity index is 1.53. The van der Waals surface area contributed by atoms with Crippen LogP contribution in [0.2, 0.25) is 0 Å². The SMILES string of the molecule is Cn1c(C(=O)N2CCCC[C@H]2CCN2CCCC2)cc2cc(F)ccc21. The highest BCUT2D eigenvalue weighted by atomic mass is 19.1. The maximum Gasteiger partial charge on any atom is 0.270 e. The molecule has 0 N–H and O–H groups in total. The van der Waals surface area contributed by atoms with Gasteiger partial charge in [-0.25, -0.2) is 4.39 Å². The fourth-order valence-electron chi connectivity index (χ4n) is 4.58. The average Bonchev–Trinajstić information content (AvgIpc) is 3.27. The summed E-state index contributed by atoms with van der Waals surface area (Å²) in [5, 5.41) is 0.793. The largest absolute Gasteiger partial charge is 0.340 e. The standard InChI is InChI=1S/C21H28FN3O/c1-23-19-8-7-17(22)14-16(19)15-20(23)21(26)25-12-3-2-6-18(25)9-13-24-10-4-5-11-24/h7-8,14-15,18H,2-6,9-13H2,1H3/t18-/m0/s1. The molecule has 2 aromatic rings. The summed E-state index contributed by atoms with van der Waals surface area (Å²) in [7, 11) is 1.90. The molecule has 3 heterocycles. The van der Waals surface area contributed by atoms with Crippen LogP contribution in [0.5, 0.6) is 0 Å². The Labute approximate surface area is 154 Å². The van der Waals surface area contributed by atoms with E-state index in [4.69, 9.17) is 0 Å². The van der Waals surface area contributed by atoms with Crippen molar-refractivity contribution in [2.24, 2.45) is 7.05 Å². The number of benzene rings is 1. The molecule has 0 unspecified atom stereocenters. The first-order chi connectivity index (χ1) is 12.6. The topological polar surface area (TPSA) is 28.5 Å². The summed E-state index contributed by atoms with van der Waals surface area (Å²) in [5.41, 5.74) is 1.57. The number of likely N-dealkylation sites (tertiary alicyclic amines) is 2. The molecule has 0 saturated carbocycles. The minimum atomic E-state index is -0.261. The molecule has 0 bridgehead atoms. The van der Waals surface area contributed by atoms with Crippen molar-refractivity contribution in [1.82, 2.24) is 14.4 Å². The van der Waals surface area contributed by atoms with Crippen LogP contribution in [0, 0.1) is 5.82 Å². The van der Waals surface area contributed by atoms with Crippen molar-refractivity contribution >= 4 is 16.8 Å². The Morgan fingerprint density at radius 1 is 1.12 bits per heavy atom. The summed E-state index contributed by atoms with van der Waals surface area (Å²) in [6, 6.07) is 6.88. The first-order valence-corrected chi connectivity index (χ1v) is 9.92. The Kier molecular flexibility index (Phi) is 4.98. The first kappa shape index (κ1) is 17.5. The minimum Gasteiger partial charge on any atom is -0.340 e. The van der Waals surface area contributed by atoms with E-state index in [0.717, 1.165) is 43.3 Å². The lowest BCUT2D eigenvalue weighted by Gasteiger charge is -2.36. The summed E-state index contributed by atoms with van der Waals surface area (Å²) in [6.45, 7) is 4.33. The highest BCUT2D eigenvalue weighted by Crippen LogP contribution is 2.26. The summed E-state index contributed by atoms with van der Waals surface area (Å²) in [5.74, 6) is -0.168. The molecule has 2 fully saturated rings. The Hall–Kier alpha value is -1.88. The fourth-order valence-corrected chi connectivity index (χ4v) is 4.58. The zero-order valence-electron chi connectivity index (χ0n) is 15.6. The number of halogens is 1. The highest BCUT2D eigenvalue weighted by molar-refractivity contribution is 5.99. The van der Waals surface area contributed by atoms with Gasteiger partial charge in [0.2, 0.25) is 0 Å². The van der Waals surface area contributed by atoms with E-state index in [2.05, 4.69) is 9.80 Å². The molecule has 0 spiro atoms. The van der Waals surface area contributed by atoms with Crippen LogP contribution < -0.4 is 0 Å². The van der Waals surface area contributed by atoms with E-state index in [1.165, 1.54) is 44.5 Å². The second-order valence-electron chi connectivity index (χ2n) is 7.78. The molecule has 4 rings (SSSR count). The minimum absolute atomic E-state index is 0.0928. The molecule has 2 aliphatic heterocycles. The van der Waals surface area contributed by atoms with Crippen LogP contribution in [0.25, 0.3) is 10.9 Å². The number of aromatic nitrogens is 1. The number of carbonyl (C=O) groups excluding carboxylic acids is 1. The van der Waals surface area contributed by atoms with Crippen molar-refractivity contribution in [3.8, 4) is 0 Å². The lowest BCUT2D eigenvalue weighted by atomic mass is 9.98. The van der Waals surface area contributed by atoms with Crippen molar-refractivity contribution in [1.29, 1.82) is 0 Å². The molecule has 4 nitrogen and oxygen atoms in total. The molecule has 0 radical (unpaired) electrons. The number of fused-ring (bicyclic) bond motifs is 1. The second kappa shape index (κ2) is 7.39. The van der Waals surface area contributed by atoms with Crippen molar-refractivity contribution in [3.05, 3.63) is 35.8 Å². The van der Waals surface area contributed by atoms with Crippen molar-refractivity contribution in [3.63, 3.8) is 0 Å². The van der Waals surface area contributed by atoms with Crippen molar-refractivity contribution in [2.75, 3.05) is 26.2 Å². The third kappa shape index (κ3) is 3.37. The first-order valence-electron chi connectivity index (χ1n) is 9.92. The van der Waals surface area contributed by atoms with Crippen molar-refractivity contribution < 1.29 is 9.18 Å². The molecule has 5 heteroatoms. The van der Waals surface area contributed by atoms with E-state index in [1.807, 2.05) is 17.7 Å². The Morgan fingerprint density at radius 2 is 1.88 bits per heavy atom. The molecule has 1 amide bonds. The molecular weight excluding hydrogens is 329 g/mol. The molecule has 1 aromatic carbocycles. The average molecular weight is 357 g/mol. The molecule has 0 aliphatic carbocycles. The van der Waals surface area contributed by atoms with Gasteiger partial charge in [0.1, 0.15) is 11.5 Å². The molecule has 1 atom stereocenters.